The fourth-order valence-corrected chi connectivity index (χ4v) is 12.0. The van der Waals surface area contributed by atoms with E-state index in [9.17, 15) is 43.5 Å². The highest BCUT2D eigenvalue weighted by atomic mass is 35.5. The van der Waals surface area contributed by atoms with E-state index >= 15 is 0 Å². The first-order valence-electron chi connectivity index (χ1n) is 30.0. The number of piperazine rings is 2. The summed E-state index contributed by atoms with van der Waals surface area (Å²) >= 11 is 12.0. The number of nitrogens with one attached hydrogen (secondary N) is 4. The minimum atomic E-state index is -1.02. The maximum Gasteiger partial charge on any atom is 0.324 e. The number of methoxy groups -OCH3 is 1. The average molecular weight is 1240 g/mol. The number of hydrogen-bond donors (Lipinski definition) is 5. The number of aromatic nitrogens is 4. The summed E-state index contributed by atoms with van der Waals surface area (Å²) in [6.07, 6.45) is 17.6. The Labute approximate surface area is 519 Å². The zero-order valence-electron chi connectivity index (χ0n) is 50.9. The molecule has 5 N–H and O–H groups in total. The van der Waals surface area contributed by atoms with Crippen molar-refractivity contribution >= 4 is 70.6 Å². The molecule has 4 heterocycles. The zero-order chi connectivity index (χ0) is 63.0. The van der Waals surface area contributed by atoms with Crippen LogP contribution >= 0.6 is 23.2 Å². The Morgan fingerprint density at radius 1 is 0.552 bits per heavy atom. The Balaban J connectivity index is 0.000000249. The van der Waals surface area contributed by atoms with Crippen molar-refractivity contribution in [3.8, 4) is 0 Å². The monoisotopic (exact) mass is 1240 g/mol. The first kappa shape index (κ1) is 67.4. The van der Waals surface area contributed by atoms with Gasteiger partial charge in [0.05, 0.1) is 19.5 Å². The normalized spacial score (nSPS) is 19.6. The van der Waals surface area contributed by atoms with Gasteiger partial charge in [-0.3, -0.25) is 58.1 Å². The minimum absolute atomic E-state index is 0.0142. The number of benzene rings is 2. The molecule has 470 valence electrons. The van der Waals surface area contributed by atoms with E-state index in [1.807, 2.05) is 75.6 Å². The molecular weight excluding hydrogens is 1160 g/mol. The van der Waals surface area contributed by atoms with Crippen LogP contribution in [-0.2, 0) is 46.6 Å². The van der Waals surface area contributed by atoms with Crippen LogP contribution in [0.1, 0.15) is 138 Å². The van der Waals surface area contributed by atoms with E-state index in [2.05, 4.69) is 41.2 Å². The number of esters is 1. The van der Waals surface area contributed by atoms with E-state index in [1.165, 1.54) is 49.2 Å². The third kappa shape index (κ3) is 18.9. The number of nitrogens with zero attached hydrogens (tertiary/aromatic N) is 8. The van der Waals surface area contributed by atoms with E-state index < -0.39 is 82.6 Å². The van der Waals surface area contributed by atoms with Crippen LogP contribution in [0.3, 0.4) is 0 Å². The number of carboxylic acid groups (broad SMARTS) is 1. The molecule has 4 aliphatic rings. The number of halogens is 2. The molecule has 2 aliphatic heterocycles. The highest BCUT2D eigenvalue weighted by Gasteiger charge is 2.45. The number of rotatable bonds is 18. The number of carboxylic acids is 1. The van der Waals surface area contributed by atoms with Crippen molar-refractivity contribution in [2.45, 2.75) is 155 Å². The lowest BCUT2D eigenvalue weighted by Gasteiger charge is -2.43. The van der Waals surface area contributed by atoms with Crippen LogP contribution in [-0.4, -0.2) is 175 Å². The van der Waals surface area contributed by atoms with Gasteiger partial charge in [0, 0.05) is 87.2 Å². The number of aliphatic carboxylic acids is 1. The molecule has 0 bridgehead atoms. The molecule has 2 aliphatic carbocycles. The molecule has 2 saturated carbocycles. The molecule has 4 aromatic rings. The molecule has 4 fully saturated rings. The number of carbonyl (C=O) groups excluding carboxylic acids is 7. The second-order valence-electron chi connectivity index (χ2n) is 25.2. The number of hydrogen-bond acceptors (Lipinski definition) is 15. The van der Waals surface area contributed by atoms with E-state index in [-0.39, 0.29) is 48.1 Å². The number of ether oxygens (including phenoxy) is 1. The standard InChI is InChI=1S/C32H43ClN6O5.C31H41ClN6O5/c1-32(2,3)27(37-29(41)26(22-8-6-5-7-9-22)36-28(40)24-18-34-14-15-35-24)30(42)39-17-16-38(25(20-39)31(43)44-4)19-21-10-12-23(33)13-11-21;1-31(2,3)26(29(41)38-16-15-37(24(19-38)30(42)43)18-20-9-11-22(32)12-10-20)36-28(40)25(21-7-5-4-6-8-21)35-27(39)23-17-33-13-14-34-23/h10-15,18,22,25-27H,5-9,16-17,19-20H2,1-4H3,(H,36,40)(H,37,41);9-14,17,21,24-26H,4-8,15-16,18-19H2,1-3H3,(H,35,39)(H,36,40)(H,42,43)/t25-,26+,27-;24-,25+,26-/m11/s1. The van der Waals surface area contributed by atoms with Crippen molar-refractivity contribution in [3.63, 3.8) is 0 Å². The Bertz CT molecular complexity index is 2980. The van der Waals surface area contributed by atoms with Crippen LogP contribution in [0, 0.1) is 22.7 Å². The van der Waals surface area contributed by atoms with Crippen LogP contribution in [0.25, 0.3) is 0 Å². The summed E-state index contributed by atoms with van der Waals surface area (Å²) in [5, 5.41) is 23.0. The summed E-state index contributed by atoms with van der Waals surface area (Å²) in [7, 11) is 1.34. The van der Waals surface area contributed by atoms with Crippen LogP contribution in [0.15, 0.2) is 85.7 Å². The van der Waals surface area contributed by atoms with E-state index in [4.69, 9.17) is 27.9 Å². The second kappa shape index (κ2) is 31.2. The maximum absolute atomic E-state index is 14.1. The number of carbonyl (C=O) groups is 8. The van der Waals surface area contributed by atoms with E-state index in [0.717, 1.165) is 75.3 Å². The van der Waals surface area contributed by atoms with Gasteiger partial charge in [-0.05, 0) is 83.7 Å². The third-order valence-electron chi connectivity index (χ3n) is 16.7. The van der Waals surface area contributed by atoms with Gasteiger partial charge in [-0.15, -0.1) is 0 Å². The van der Waals surface area contributed by atoms with Crippen molar-refractivity contribution in [1.82, 2.24) is 60.8 Å². The lowest BCUT2D eigenvalue weighted by Crippen LogP contribution is -2.64. The molecule has 0 radical (unpaired) electrons. The lowest BCUT2D eigenvalue weighted by molar-refractivity contribution is -0.154. The first-order chi connectivity index (χ1) is 41.4. The smallest absolute Gasteiger partial charge is 0.324 e. The molecular formula is C63H84Cl2N12O10. The summed E-state index contributed by atoms with van der Waals surface area (Å²) in [5.74, 6) is -4.07. The Kier molecular flexibility index (Phi) is 24.1. The van der Waals surface area contributed by atoms with Crippen molar-refractivity contribution in [2.24, 2.45) is 22.7 Å². The molecule has 6 atom stereocenters. The highest BCUT2D eigenvalue weighted by Crippen LogP contribution is 2.31. The van der Waals surface area contributed by atoms with Crippen LogP contribution in [0.5, 0.6) is 0 Å². The lowest BCUT2D eigenvalue weighted by atomic mass is 9.82. The molecule has 2 aromatic heterocycles. The summed E-state index contributed by atoms with van der Waals surface area (Å²) in [5.41, 5.74) is 0.802. The molecule has 6 amide bonds. The van der Waals surface area contributed by atoms with E-state index in [1.54, 1.807) is 29.2 Å². The van der Waals surface area contributed by atoms with Crippen molar-refractivity contribution in [2.75, 3.05) is 46.4 Å². The van der Waals surface area contributed by atoms with E-state index in [0.29, 0.717) is 49.3 Å². The second-order valence-corrected chi connectivity index (χ2v) is 26.0. The highest BCUT2D eigenvalue weighted by molar-refractivity contribution is 6.30. The van der Waals surface area contributed by atoms with Crippen molar-refractivity contribution in [1.29, 1.82) is 0 Å². The molecule has 24 heteroatoms. The summed E-state index contributed by atoms with van der Waals surface area (Å²) in [4.78, 5) is 130. The molecule has 2 saturated heterocycles. The molecule has 22 nitrogen and oxygen atoms in total. The average Bonchev–Trinajstić information content (AvgIpc) is 2.67. The van der Waals surface area contributed by atoms with Gasteiger partial charge in [-0.25, -0.2) is 9.97 Å². The van der Waals surface area contributed by atoms with Gasteiger partial charge in [0.2, 0.25) is 23.6 Å². The first-order valence-corrected chi connectivity index (χ1v) is 30.8. The van der Waals surface area contributed by atoms with Gasteiger partial charge >= 0.3 is 11.9 Å². The molecule has 2 aromatic carbocycles. The summed E-state index contributed by atoms with van der Waals surface area (Å²) in [6, 6.07) is 9.56. The minimum Gasteiger partial charge on any atom is -0.480 e. The topological polar surface area (TPSA) is 279 Å². The molecule has 8 rings (SSSR count). The predicted molar refractivity (Wildman–Crippen MR) is 327 cm³/mol. The van der Waals surface area contributed by atoms with Crippen LogP contribution in [0.4, 0.5) is 0 Å². The molecule has 87 heavy (non-hydrogen) atoms. The fraction of sp³-hybridized carbons (Fsp3) is 0.556. The van der Waals surface area contributed by atoms with Gasteiger partial charge in [-0.2, -0.15) is 0 Å². The maximum atomic E-state index is 14.1. The summed E-state index contributed by atoms with van der Waals surface area (Å²) in [6.45, 7) is 13.7. The van der Waals surface area contributed by atoms with Gasteiger partial charge < -0.3 is 40.9 Å². The fourth-order valence-electron chi connectivity index (χ4n) is 11.8. The molecule has 0 unspecified atom stereocenters. The van der Waals surface area contributed by atoms with Crippen LogP contribution < -0.4 is 21.3 Å². The Morgan fingerprint density at radius 2 is 0.931 bits per heavy atom. The molecule has 0 spiro atoms. The SMILES string of the molecule is CC(C)(C)[C@H](NC(=O)[C@@H](NC(=O)c1cnccn1)C1CCCCC1)C(=O)N1CCN(Cc2ccc(Cl)cc2)[C@@H](C(=O)O)C1.COC(=O)[C@H]1CN(C(=O)[C@@H](NC(=O)[C@@H](NC(=O)c2cnccn2)C2CCCCC2)C(C)(C)C)CCN1Cc1ccc(Cl)cc1. The van der Waals surface area contributed by atoms with Crippen molar-refractivity contribution in [3.05, 3.63) is 118 Å². The van der Waals surface area contributed by atoms with Gasteiger partial charge in [-0.1, -0.05) is 128 Å². The largest absolute Gasteiger partial charge is 0.480 e. The van der Waals surface area contributed by atoms with Crippen LogP contribution in [0.2, 0.25) is 10.0 Å². The number of amides is 6. The third-order valence-corrected chi connectivity index (χ3v) is 17.2. The quantitative estimate of drug-likeness (QED) is 0.0678. The van der Waals surface area contributed by atoms with Gasteiger partial charge in [0.25, 0.3) is 11.8 Å². The predicted octanol–water partition coefficient (Wildman–Crippen LogP) is 6.36. The zero-order valence-corrected chi connectivity index (χ0v) is 52.4. The van der Waals surface area contributed by atoms with Gasteiger partial charge in [0.1, 0.15) is 47.6 Å². The Hall–Kier alpha value is -7.14. The van der Waals surface area contributed by atoms with Gasteiger partial charge in [0.15, 0.2) is 0 Å². The summed E-state index contributed by atoms with van der Waals surface area (Å²) < 4.78 is 5.11. The Morgan fingerprint density at radius 3 is 1.28 bits per heavy atom. The van der Waals surface area contributed by atoms with Crippen molar-refractivity contribution < 1.29 is 48.2 Å².